The zero-order chi connectivity index (χ0) is 37.7. The molecule has 2 fully saturated rings. The standard InChI is InChI=1S/C37H34ClFN8O4S2/c1-22-43-30-19-42-34(45(2)25-9-15-46(16-10-25)21-37(39)11-12-37)28(18-40)31(30)36(49)47(22)14-4-5-23-6-7-24(38)17-27(23)26-8-13-41-32-29(20-52-33(26)32)35(48)44-53(3,50)51/h6-8,13,17,19-20,25H,9-12,14-16,21H2,1-3H3,(H,44,48). The number of hydrogen-bond acceptors (Lipinski definition) is 11. The summed E-state index contributed by atoms with van der Waals surface area (Å²) in [5.74, 6) is 6.27. The summed E-state index contributed by atoms with van der Waals surface area (Å²) in [7, 11) is -1.91. The van der Waals surface area contributed by atoms with Gasteiger partial charge in [0.05, 0.1) is 45.7 Å². The number of aromatic nitrogens is 4. The number of alkyl halides is 1. The molecule has 0 bridgehead atoms. The minimum Gasteiger partial charge on any atom is -0.355 e. The van der Waals surface area contributed by atoms with Crippen LogP contribution in [0, 0.1) is 30.1 Å². The van der Waals surface area contributed by atoms with Crippen molar-refractivity contribution in [2.24, 2.45) is 0 Å². The molecule has 53 heavy (non-hydrogen) atoms. The molecule has 0 unspecified atom stereocenters. The van der Waals surface area contributed by atoms with E-state index in [2.05, 4.69) is 37.8 Å². The van der Waals surface area contributed by atoms with Crippen molar-refractivity contribution in [3.05, 3.63) is 79.9 Å². The molecule has 1 N–H and O–H groups in total. The topological polar surface area (TPSA) is 154 Å². The molecule has 1 saturated heterocycles. The van der Waals surface area contributed by atoms with Gasteiger partial charge in [-0.05, 0) is 56.9 Å². The van der Waals surface area contributed by atoms with Gasteiger partial charge in [-0.3, -0.25) is 19.1 Å². The van der Waals surface area contributed by atoms with Gasteiger partial charge in [0.2, 0.25) is 10.0 Å². The van der Waals surface area contributed by atoms with E-state index in [-0.39, 0.29) is 29.1 Å². The van der Waals surface area contributed by atoms with Crippen molar-refractivity contribution in [1.82, 2.24) is 29.1 Å². The highest BCUT2D eigenvalue weighted by molar-refractivity contribution is 7.89. The minimum absolute atomic E-state index is 0.0247. The van der Waals surface area contributed by atoms with Crippen molar-refractivity contribution in [2.45, 2.75) is 50.9 Å². The Hall–Kier alpha value is -4.93. The molecule has 0 spiro atoms. The Bertz CT molecular complexity index is 2580. The molecule has 0 radical (unpaired) electrons. The quantitative estimate of drug-likeness (QED) is 0.212. The van der Waals surface area contributed by atoms with Crippen LogP contribution in [0.2, 0.25) is 5.02 Å². The van der Waals surface area contributed by atoms with E-state index in [1.807, 2.05) is 16.7 Å². The van der Waals surface area contributed by atoms with Gasteiger partial charge in [0, 0.05) is 66.0 Å². The first kappa shape index (κ1) is 36.4. The van der Waals surface area contributed by atoms with Crippen molar-refractivity contribution in [3.63, 3.8) is 0 Å². The fraction of sp³-hybridized carbons (Fsp3) is 0.351. The fourth-order valence-electron chi connectivity index (χ4n) is 6.79. The lowest BCUT2D eigenvalue weighted by atomic mass is 10.00. The molecular formula is C37H34ClFN8O4S2. The third-order valence-corrected chi connectivity index (χ3v) is 11.5. The number of nitrogens with one attached hydrogen (secondary N) is 1. The molecular weight excluding hydrogens is 739 g/mol. The van der Waals surface area contributed by atoms with Gasteiger partial charge < -0.3 is 9.80 Å². The van der Waals surface area contributed by atoms with Crippen molar-refractivity contribution in [1.29, 1.82) is 5.26 Å². The number of hydrogen-bond donors (Lipinski definition) is 1. The number of pyridine rings is 2. The van der Waals surface area contributed by atoms with E-state index >= 15 is 0 Å². The molecule has 1 aliphatic carbocycles. The highest BCUT2D eigenvalue weighted by Gasteiger charge is 2.45. The lowest BCUT2D eigenvalue weighted by Gasteiger charge is -2.38. The van der Waals surface area contributed by atoms with Gasteiger partial charge in [-0.2, -0.15) is 5.26 Å². The number of sulfonamides is 1. The fourth-order valence-corrected chi connectivity index (χ4v) is 8.44. The molecule has 272 valence electrons. The van der Waals surface area contributed by atoms with Crippen LogP contribution in [-0.4, -0.2) is 83.4 Å². The third-order valence-electron chi connectivity index (χ3n) is 9.73. The summed E-state index contributed by atoms with van der Waals surface area (Å²) < 4.78 is 41.8. The number of anilines is 1. The van der Waals surface area contributed by atoms with Crippen LogP contribution in [0.3, 0.4) is 0 Å². The van der Waals surface area contributed by atoms with Crippen LogP contribution in [0.15, 0.2) is 46.8 Å². The number of rotatable bonds is 8. The van der Waals surface area contributed by atoms with E-state index in [4.69, 9.17) is 11.6 Å². The number of thiophene rings is 1. The highest BCUT2D eigenvalue weighted by atomic mass is 35.5. The summed E-state index contributed by atoms with van der Waals surface area (Å²) >= 11 is 7.66. The van der Waals surface area contributed by atoms with Crippen molar-refractivity contribution in [2.75, 3.05) is 37.8 Å². The molecule has 1 amide bonds. The van der Waals surface area contributed by atoms with Gasteiger partial charge in [-0.15, -0.1) is 11.3 Å². The highest BCUT2D eigenvalue weighted by Crippen LogP contribution is 2.41. The number of nitriles is 1. The normalized spacial score (nSPS) is 15.8. The number of amides is 1. The number of halogens is 2. The van der Waals surface area contributed by atoms with Gasteiger partial charge >= 0.3 is 0 Å². The Labute approximate surface area is 314 Å². The molecule has 7 rings (SSSR count). The minimum atomic E-state index is -3.78. The maximum Gasteiger partial charge on any atom is 0.267 e. The Morgan fingerprint density at radius 2 is 1.96 bits per heavy atom. The van der Waals surface area contributed by atoms with E-state index in [1.165, 1.54) is 28.3 Å². The average Bonchev–Trinajstić information content (AvgIpc) is 3.67. The molecule has 16 heteroatoms. The van der Waals surface area contributed by atoms with E-state index in [0.29, 0.717) is 68.5 Å². The SMILES string of the molecule is Cc1nc2cnc(N(C)C3CCN(CC4(F)CC4)CC3)c(C#N)c2c(=O)n1CC#Cc1ccc(Cl)cc1-c1ccnc2c(C(=O)NS(C)(=O)=O)csc12. The Balaban J connectivity index is 1.18. The number of carbonyl (C=O) groups is 1. The number of likely N-dealkylation sites (tertiary alicyclic amines) is 1. The second kappa shape index (κ2) is 14.1. The number of carbonyl (C=O) groups excluding carboxylic acids is 1. The Morgan fingerprint density at radius 3 is 2.66 bits per heavy atom. The van der Waals surface area contributed by atoms with Crippen LogP contribution in [0.5, 0.6) is 0 Å². The van der Waals surface area contributed by atoms with E-state index < -0.39 is 27.2 Å². The first-order valence-electron chi connectivity index (χ1n) is 16.9. The molecule has 5 heterocycles. The third kappa shape index (κ3) is 7.48. The summed E-state index contributed by atoms with van der Waals surface area (Å²) in [5, 5.41) is 12.5. The Kier molecular flexibility index (Phi) is 9.72. The first-order chi connectivity index (χ1) is 25.2. The summed E-state index contributed by atoms with van der Waals surface area (Å²) in [6, 6.07) is 9.24. The summed E-state index contributed by atoms with van der Waals surface area (Å²) in [4.78, 5) is 44.4. The molecule has 5 aromatic rings. The maximum atomic E-state index is 14.4. The summed E-state index contributed by atoms with van der Waals surface area (Å²) in [6.45, 7) is 3.64. The molecule has 1 aliphatic heterocycles. The van der Waals surface area contributed by atoms with E-state index in [9.17, 15) is 27.7 Å². The molecule has 1 saturated carbocycles. The molecule has 12 nitrogen and oxygen atoms in total. The van der Waals surface area contributed by atoms with Gasteiger partial charge in [-0.25, -0.2) is 27.5 Å². The monoisotopic (exact) mass is 772 g/mol. The molecule has 1 aromatic carbocycles. The van der Waals surface area contributed by atoms with Crippen LogP contribution < -0.4 is 15.2 Å². The summed E-state index contributed by atoms with van der Waals surface area (Å²) in [6.07, 6.45) is 6.78. The van der Waals surface area contributed by atoms with Gasteiger partial charge in [0.1, 0.15) is 28.9 Å². The predicted octanol–water partition coefficient (Wildman–Crippen LogP) is 5.05. The van der Waals surface area contributed by atoms with Crippen molar-refractivity contribution in [3.8, 4) is 29.0 Å². The smallest absolute Gasteiger partial charge is 0.267 e. The second-order valence-corrected chi connectivity index (χ2v) is 16.6. The van der Waals surface area contributed by atoms with Crippen LogP contribution in [0.4, 0.5) is 10.2 Å². The average molecular weight is 773 g/mol. The lowest BCUT2D eigenvalue weighted by molar-refractivity contribution is 0.0983. The largest absolute Gasteiger partial charge is 0.355 e. The Morgan fingerprint density at radius 1 is 1.21 bits per heavy atom. The zero-order valence-corrected chi connectivity index (χ0v) is 31.5. The van der Waals surface area contributed by atoms with Crippen LogP contribution in [-0.2, 0) is 16.6 Å². The molecule has 0 atom stereocenters. The number of benzene rings is 1. The number of fused-ring (bicyclic) bond motifs is 2. The molecule has 2 aliphatic rings. The molecule has 4 aromatic heterocycles. The van der Waals surface area contributed by atoms with E-state index in [1.54, 1.807) is 36.6 Å². The zero-order valence-electron chi connectivity index (χ0n) is 29.1. The van der Waals surface area contributed by atoms with Crippen LogP contribution in [0.1, 0.15) is 53.0 Å². The first-order valence-corrected chi connectivity index (χ1v) is 20.0. The number of aryl methyl sites for hydroxylation is 1. The number of piperidine rings is 1. The van der Waals surface area contributed by atoms with Gasteiger partial charge in [0.25, 0.3) is 11.5 Å². The van der Waals surface area contributed by atoms with Crippen LogP contribution >= 0.6 is 22.9 Å². The van der Waals surface area contributed by atoms with Gasteiger partial charge in [0.15, 0.2) is 0 Å². The number of nitrogens with zero attached hydrogens (tertiary/aromatic N) is 7. The van der Waals surface area contributed by atoms with Crippen molar-refractivity contribution >= 4 is 65.8 Å². The summed E-state index contributed by atoms with van der Waals surface area (Å²) in [5.41, 5.74) is 1.41. The lowest BCUT2D eigenvalue weighted by Crippen LogP contribution is -2.46. The van der Waals surface area contributed by atoms with Crippen LogP contribution in [0.25, 0.3) is 32.2 Å². The maximum absolute atomic E-state index is 14.4. The second-order valence-electron chi connectivity index (χ2n) is 13.5. The van der Waals surface area contributed by atoms with Crippen molar-refractivity contribution < 1.29 is 17.6 Å². The van der Waals surface area contributed by atoms with Gasteiger partial charge in [-0.1, -0.05) is 23.4 Å². The predicted molar refractivity (Wildman–Crippen MR) is 203 cm³/mol. The van der Waals surface area contributed by atoms with E-state index in [0.717, 1.165) is 32.2 Å².